The van der Waals surface area contributed by atoms with Crippen molar-refractivity contribution < 1.29 is 18.0 Å². The summed E-state index contributed by atoms with van der Waals surface area (Å²) in [5, 5.41) is 0. The first-order chi connectivity index (χ1) is 11.3. The lowest BCUT2D eigenvalue weighted by molar-refractivity contribution is -0.137. The minimum absolute atomic E-state index is 0.00405. The molecule has 1 aliphatic carbocycles. The van der Waals surface area contributed by atoms with E-state index in [2.05, 4.69) is 12.7 Å². The molecule has 0 N–H and O–H groups in total. The first kappa shape index (κ1) is 16.8. The number of hydrogen-bond acceptors (Lipinski definition) is 1. The number of likely N-dealkylation sites (tertiary alicyclic amines) is 1. The highest BCUT2D eigenvalue weighted by atomic mass is 19.4. The largest absolute Gasteiger partial charge is 0.416 e. The summed E-state index contributed by atoms with van der Waals surface area (Å²) < 4.78 is 37.6. The summed E-state index contributed by atoms with van der Waals surface area (Å²) in [6.07, 6.45) is 4.12. The second kappa shape index (κ2) is 6.11. The van der Waals surface area contributed by atoms with E-state index < -0.39 is 11.7 Å². The highest BCUT2D eigenvalue weighted by Crippen LogP contribution is 2.52. The van der Waals surface area contributed by atoms with Gasteiger partial charge in [-0.05, 0) is 54.4 Å². The van der Waals surface area contributed by atoms with Crippen LogP contribution in [0.1, 0.15) is 30.4 Å². The second-order valence-electron chi connectivity index (χ2n) is 6.86. The topological polar surface area (TPSA) is 20.3 Å². The lowest BCUT2D eigenvalue weighted by Gasteiger charge is -2.44. The molecule has 1 aromatic rings. The smallest absolute Gasteiger partial charge is 0.339 e. The van der Waals surface area contributed by atoms with Crippen LogP contribution in [0.5, 0.6) is 0 Å². The van der Waals surface area contributed by atoms with Gasteiger partial charge >= 0.3 is 6.18 Å². The third kappa shape index (κ3) is 3.40. The number of allylic oxidation sites excluding steroid dienone is 1. The van der Waals surface area contributed by atoms with Crippen LogP contribution in [0.25, 0.3) is 6.08 Å². The van der Waals surface area contributed by atoms with Gasteiger partial charge < -0.3 is 4.90 Å². The lowest BCUT2D eigenvalue weighted by Crippen LogP contribution is -2.39. The third-order valence-corrected chi connectivity index (χ3v) is 5.11. The van der Waals surface area contributed by atoms with Gasteiger partial charge in [-0.3, -0.25) is 4.79 Å². The molecule has 0 unspecified atom stereocenters. The maximum absolute atomic E-state index is 12.5. The molecule has 0 radical (unpaired) electrons. The van der Waals surface area contributed by atoms with Crippen molar-refractivity contribution in [3.63, 3.8) is 0 Å². The highest BCUT2D eigenvalue weighted by Gasteiger charge is 2.48. The van der Waals surface area contributed by atoms with Gasteiger partial charge in [-0.2, -0.15) is 13.2 Å². The molecule has 2 aliphatic rings. The summed E-state index contributed by atoms with van der Waals surface area (Å²) in [4.78, 5) is 13.5. The number of rotatable bonds is 3. The van der Waals surface area contributed by atoms with Crippen molar-refractivity contribution in [1.82, 2.24) is 4.90 Å². The van der Waals surface area contributed by atoms with Crippen molar-refractivity contribution >= 4 is 12.0 Å². The van der Waals surface area contributed by atoms with E-state index in [-0.39, 0.29) is 11.3 Å². The van der Waals surface area contributed by atoms with Crippen LogP contribution >= 0.6 is 0 Å². The van der Waals surface area contributed by atoms with Crippen molar-refractivity contribution in [2.75, 3.05) is 13.1 Å². The zero-order valence-corrected chi connectivity index (χ0v) is 13.4. The Hall–Kier alpha value is -2.04. The number of hydrogen-bond donors (Lipinski definition) is 0. The molecule has 3 rings (SSSR count). The van der Waals surface area contributed by atoms with Crippen LogP contribution in [0.4, 0.5) is 13.2 Å². The van der Waals surface area contributed by atoms with Gasteiger partial charge in [0.25, 0.3) is 0 Å². The normalized spacial score (nSPS) is 26.8. The Kier molecular flexibility index (Phi) is 4.28. The molecule has 0 atom stereocenters. The number of alkyl halides is 3. The molecule has 2 nitrogen and oxygen atoms in total. The van der Waals surface area contributed by atoms with Gasteiger partial charge in [0.1, 0.15) is 0 Å². The average molecular weight is 335 g/mol. The van der Waals surface area contributed by atoms with E-state index in [1.54, 1.807) is 0 Å². The van der Waals surface area contributed by atoms with Crippen molar-refractivity contribution in [3.8, 4) is 0 Å². The summed E-state index contributed by atoms with van der Waals surface area (Å²) in [6.45, 7) is 5.11. The van der Waals surface area contributed by atoms with Crippen LogP contribution in [0.15, 0.2) is 43.0 Å². The molecule has 1 saturated heterocycles. The molecule has 1 spiro atoms. The Morgan fingerprint density at radius 2 is 1.92 bits per heavy atom. The van der Waals surface area contributed by atoms with Crippen LogP contribution in [0.3, 0.4) is 0 Å². The number of benzene rings is 1. The highest BCUT2D eigenvalue weighted by molar-refractivity contribution is 5.87. The van der Waals surface area contributed by atoms with E-state index >= 15 is 0 Å². The fourth-order valence-corrected chi connectivity index (χ4v) is 3.80. The van der Waals surface area contributed by atoms with Crippen molar-refractivity contribution in [2.24, 2.45) is 11.3 Å². The third-order valence-electron chi connectivity index (χ3n) is 5.11. The molecule has 1 heterocycles. The number of amides is 1. The van der Waals surface area contributed by atoms with E-state index in [0.29, 0.717) is 5.92 Å². The molecule has 1 saturated carbocycles. The predicted octanol–water partition coefficient (Wildman–Crippen LogP) is 4.53. The van der Waals surface area contributed by atoms with Crippen molar-refractivity contribution in [3.05, 3.63) is 54.1 Å². The summed E-state index contributed by atoms with van der Waals surface area (Å²) >= 11 is 0. The molecule has 2 fully saturated rings. The first-order valence-electron chi connectivity index (χ1n) is 8.08. The molecule has 0 bridgehead atoms. The van der Waals surface area contributed by atoms with E-state index in [1.807, 2.05) is 11.0 Å². The summed E-state index contributed by atoms with van der Waals surface area (Å²) in [5.74, 6) is 0.432. The molecule has 128 valence electrons. The van der Waals surface area contributed by atoms with Crippen LogP contribution < -0.4 is 0 Å². The van der Waals surface area contributed by atoms with Crippen molar-refractivity contribution in [1.29, 1.82) is 0 Å². The summed E-state index contributed by atoms with van der Waals surface area (Å²) in [7, 11) is 0. The zero-order valence-electron chi connectivity index (χ0n) is 13.4. The van der Waals surface area contributed by atoms with Gasteiger partial charge in [0, 0.05) is 13.1 Å². The molecule has 1 amide bonds. The van der Waals surface area contributed by atoms with E-state index in [1.165, 1.54) is 18.2 Å². The van der Waals surface area contributed by atoms with E-state index in [4.69, 9.17) is 0 Å². The van der Waals surface area contributed by atoms with Crippen LogP contribution in [0.2, 0.25) is 0 Å². The van der Waals surface area contributed by atoms with E-state index in [9.17, 15) is 18.0 Å². The van der Waals surface area contributed by atoms with Crippen molar-refractivity contribution in [2.45, 2.75) is 25.4 Å². The first-order valence-corrected chi connectivity index (χ1v) is 8.08. The van der Waals surface area contributed by atoms with E-state index in [0.717, 1.165) is 50.0 Å². The second-order valence-corrected chi connectivity index (χ2v) is 6.86. The Balaban J connectivity index is 1.53. The number of nitrogens with zero attached hydrogens (tertiary/aromatic N) is 1. The Bertz CT molecular complexity index is 654. The standard InChI is InChI=1S/C19H20F3NO/c1-2-17(24)23-10-9-18(13-23)11-15(12-18)4-3-14-5-7-16(8-6-14)19(20,21)22/h2-8,15H,1,9-13H2/b4-3+. The Labute approximate surface area is 139 Å². The Morgan fingerprint density at radius 3 is 2.50 bits per heavy atom. The van der Waals surface area contributed by atoms with Gasteiger partial charge in [0.2, 0.25) is 5.91 Å². The van der Waals surface area contributed by atoms with Gasteiger partial charge in [-0.25, -0.2) is 0 Å². The lowest BCUT2D eigenvalue weighted by atomic mass is 9.61. The molecule has 5 heteroatoms. The monoisotopic (exact) mass is 335 g/mol. The van der Waals surface area contributed by atoms with Gasteiger partial charge in [0.15, 0.2) is 0 Å². The fourth-order valence-electron chi connectivity index (χ4n) is 3.80. The quantitative estimate of drug-likeness (QED) is 0.743. The predicted molar refractivity (Wildman–Crippen MR) is 87.0 cm³/mol. The van der Waals surface area contributed by atoms with Crippen LogP contribution in [0, 0.1) is 11.3 Å². The van der Waals surface area contributed by atoms with Crippen LogP contribution in [-0.2, 0) is 11.0 Å². The zero-order chi connectivity index (χ0) is 17.4. The van der Waals surface area contributed by atoms with Gasteiger partial charge in [-0.1, -0.05) is 30.9 Å². The molecule has 1 aliphatic heterocycles. The minimum Gasteiger partial charge on any atom is -0.339 e. The Morgan fingerprint density at radius 1 is 1.25 bits per heavy atom. The number of carbonyl (C=O) groups is 1. The summed E-state index contributed by atoms with van der Waals surface area (Å²) in [6, 6.07) is 5.21. The maximum Gasteiger partial charge on any atom is 0.416 e. The minimum atomic E-state index is -4.29. The maximum atomic E-state index is 12.5. The molecular weight excluding hydrogens is 315 g/mol. The summed E-state index contributed by atoms with van der Waals surface area (Å²) in [5.41, 5.74) is 0.382. The molecular formula is C19H20F3NO. The van der Waals surface area contributed by atoms with Crippen LogP contribution in [-0.4, -0.2) is 23.9 Å². The SMILES string of the molecule is C=CC(=O)N1CCC2(CC(/C=C/c3ccc(C(F)(F)F)cc3)C2)C1. The van der Waals surface area contributed by atoms with Gasteiger partial charge in [0.05, 0.1) is 5.56 Å². The van der Waals surface area contributed by atoms with Gasteiger partial charge in [-0.15, -0.1) is 0 Å². The fraction of sp³-hybridized carbons (Fsp3) is 0.421. The number of carbonyl (C=O) groups excluding carboxylic acids is 1. The average Bonchev–Trinajstić information content (AvgIpc) is 2.96. The molecule has 24 heavy (non-hydrogen) atoms. The molecule has 0 aromatic heterocycles. The molecule has 1 aromatic carbocycles. The number of halogens is 3.